The van der Waals surface area contributed by atoms with E-state index in [4.69, 9.17) is 11.6 Å². The molecule has 2 saturated heterocycles. The molecule has 4 rings (SSSR count). The molecule has 0 bridgehead atoms. The molecule has 0 aromatic heterocycles. The molecule has 0 aliphatic carbocycles. The Morgan fingerprint density at radius 2 is 1.71 bits per heavy atom. The van der Waals surface area contributed by atoms with Gasteiger partial charge >= 0.3 is 6.03 Å². The van der Waals surface area contributed by atoms with Crippen LogP contribution in [0.4, 0.5) is 10.5 Å². The van der Waals surface area contributed by atoms with Crippen LogP contribution in [0.25, 0.3) is 0 Å². The molecule has 0 spiro atoms. The largest absolute Gasteiger partial charge is 0.369 e. The molecule has 0 radical (unpaired) electrons. The van der Waals surface area contributed by atoms with Crippen molar-refractivity contribution in [3.63, 3.8) is 0 Å². The minimum absolute atomic E-state index is 0.0618. The molecule has 8 heteroatoms. The second-order valence-electron chi connectivity index (χ2n) is 9.12. The second-order valence-corrected chi connectivity index (χ2v) is 9.56. The van der Waals surface area contributed by atoms with Gasteiger partial charge in [0.15, 0.2) is 0 Å². The number of halogens is 1. The molecule has 34 heavy (non-hydrogen) atoms. The van der Waals surface area contributed by atoms with Crippen LogP contribution in [0.15, 0.2) is 48.5 Å². The molecule has 2 aromatic rings. The summed E-state index contributed by atoms with van der Waals surface area (Å²) in [6.07, 6.45) is 0.899. The van der Waals surface area contributed by atoms with Gasteiger partial charge in [-0.2, -0.15) is 0 Å². The Labute approximate surface area is 207 Å². The molecule has 3 amide bonds. The predicted octanol–water partition coefficient (Wildman–Crippen LogP) is 3.21. The van der Waals surface area contributed by atoms with Crippen molar-refractivity contribution in [2.75, 3.05) is 63.8 Å². The lowest BCUT2D eigenvalue weighted by Crippen LogP contribution is -2.47. The van der Waals surface area contributed by atoms with Crippen LogP contribution >= 0.6 is 11.6 Å². The van der Waals surface area contributed by atoms with E-state index in [9.17, 15) is 9.59 Å². The average Bonchev–Trinajstić information content (AvgIpc) is 3.17. The van der Waals surface area contributed by atoms with Gasteiger partial charge in [0.25, 0.3) is 0 Å². The Hall–Kier alpha value is -2.77. The second kappa shape index (κ2) is 11.6. The first-order valence-electron chi connectivity index (χ1n) is 12.1. The molecule has 2 aliphatic heterocycles. The van der Waals surface area contributed by atoms with Crippen molar-refractivity contribution in [1.82, 2.24) is 20.0 Å². The van der Waals surface area contributed by atoms with Gasteiger partial charge in [0.2, 0.25) is 5.91 Å². The van der Waals surface area contributed by atoms with Crippen LogP contribution < -0.4 is 10.2 Å². The predicted molar refractivity (Wildman–Crippen MR) is 136 cm³/mol. The molecule has 2 aliphatic rings. The third kappa shape index (κ3) is 6.64. The molecule has 1 N–H and O–H groups in total. The van der Waals surface area contributed by atoms with Crippen molar-refractivity contribution in [3.05, 3.63) is 64.7 Å². The summed E-state index contributed by atoms with van der Waals surface area (Å²) in [5, 5.41) is 3.75. The third-order valence-corrected chi connectivity index (χ3v) is 6.76. The summed E-state index contributed by atoms with van der Waals surface area (Å²) >= 11 is 6.11. The maximum atomic E-state index is 12.7. The van der Waals surface area contributed by atoms with Crippen molar-refractivity contribution in [1.29, 1.82) is 0 Å². The first-order valence-corrected chi connectivity index (χ1v) is 12.4. The zero-order valence-electron chi connectivity index (χ0n) is 19.9. The maximum absolute atomic E-state index is 12.7. The van der Waals surface area contributed by atoms with Crippen molar-refractivity contribution in [2.24, 2.45) is 0 Å². The molecular formula is C26H34ClN5O2. The summed E-state index contributed by atoms with van der Waals surface area (Å²) in [4.78, 5) is 33.3. The molecule has 2 aromatic carbocycles. The monoisotopic (exact) mass is 483 g/mol. The van der Waals surface area contributed by atoms with Gasteiger partial charge < -0.3 is 20.0 Å². The molecule has 182 valence electrons. The minimum atomic E-state index is -0.0867. The SMILES string of the molecule is Cc1ccc(CN2CCN(CC(=O)NCCCN3CCN(c4cccc(Cl)c4)CC3)C2=O)cc1. The van der Waals surface area contributed by atoms with Crippen LogP contribution in [0.3, 0.4) is 0 Å². The minimum Gasteiger partial charge on any atom is -0.369 e. The number of rotatable bonds is 9. The number of nitrogens with one attached hydrogen (secondary N) is 1. The first-order chi connectivity index (χ1) is 16.5. The molecule has 0 saturated carbocycles. The van der Waals surface area contributed by atoms with Gasteiger partial charge in [-0.05, 0) is 43.7 Å². The lowest BCUT2D eigenvalue weighted by Gasteiger charge is -2.36. The average molecular weight is 484 g/mol. The number of carbonyl (C=O) groups excluding carboxylic acids is 2. The van der Waals surface area contributed by atoms with Gasteiger partial charge in [-0.25, -0.2) is 4.79 Å². The Kier molecular flexibility index (Phi) is 8.29. The van der Waals surface area contributed by atoms with Gasteiger partial charge in [-0.15, -0.1) is 0 Å². The number of aryl methyl sites for hydroxylation is 1. The Morgan fingerprint density at radius 1 is 0.971 bits per heavy atom. The third-order valence-electron chi connectivity index (χ3n) is 6.53. The zero-order valence-corrected chi connectivity index (χ0v) is 20.6. The highest BCUT2D eigenvalue weighted by Crippen LogP contribution is 2.20. The fourth-order valence-corrected chi connectivity index (χ4v) is 4.69. The number of piperazine rings is 1. The summed E-state index contributed by atoms with van der Waals surface area (Å²) in [5.74, 6) is -0.0867. The zero-order chi connectivity index (χ0) is 23.9. The van der Waals surface area contributed by atoms with Gasteiger partial charge in [0.1, 0.15) is 6.54 Å². The molecule has 7 nitrogen and oxygen atoms in total. The van der Waals surface area contributed by atoms with E-state index in [0.717, 1.165) is 49.7 Å². The van der Waals surface area contributed by atoms with E-state index in [1.807, 2.05) is 25.1 Å². The van der Waals surface area contributed by atoms with Gasteiger partial charge in [0.05, 0.1) is 0 Å². The summed E-state index contributed by atoms with van der Waals surface area (Å²) < 4.78 is 0. The van der Waals surface area contributed by atoms with Crippen molar-refractivity contribution >= 4 is 29.2 Å². The van der Waals surface area contributed by atoms with E-state index in [-0.39, 0.29) is 18.5 Å². The van der Waals surface area contributed by atoms with E-state index < -0.39 is 0 Å². The summed E-state index contributed by atoms with van der Waals surface area (Å²) in [6.45, 7) is 9.54. The van der Waals surface area contributed by atoms with Crippen molar-refractivity contribution in [2.45, 2.75) is 19.9 Å². The van der Waals surface area contributed by atoms with E-state index in [0.29, 0.717) is 26.2 Å². The van der Waals surface area contributed by atoms with Crippen LogP contribution in [0.2, 0.25) is 5.02 Å². The van der Waals surface area contributed by atoms with E-state index in [2.05, 4.69) is 45.4 Å². The fraction of sp³-hybridized carbons (Fsp3) is 0.462. The van der Waals surface area contributed by atoms with Gasteiger partial charge in [-0.1, -0.05) is 47.5 Å². The van der Waals surface area contributed by atoms with Crippen molar-refractivity contribution in [3.8, 4) is 0 Å². The van der Waals surface area contributed by atoms with Crippen LogP contribution in [0.5, 0.6) is 0 Å². The van der Waals surface area contributed by atoms with E-state index in [1.165, 1.54) is 11.3 Å². The fourth-order valence-electron chi connectivity index (χ4n) is 4.50. The maximum Gasteiger partial charge on any atom is 0.320 e. The topological polar surface area (TPSA) is 59.1 Å². The summed E-state index contributed by atoms with van der Waals surface area (Å²) in [5.41, 5.74) is 3.49. The normalized spacial score (nSPS) is 16.9. The standard InChI is InChI=1S/C26H34ClN5O2/c1-21-6-8-22(9-7-21)19-31-16-17-32(26(31)34)20-25(33)28-10-3-11-29-12-14-30(15-13-29)24-5-2-4-23(27)18-24/h2,4-9,18H,3,10-17,19-20H2,1H3,(H,28,33). The highest BCUT2D eigenvalue weighted by atomic mass is 35.5. The lowest BCUT2D eigenvalue weighted by atomic mass is 10.1. The number of amides is 3. The lowest BCUT2D eigenvalue weighted by molar-refractivity contribution is -0.121. The quantitative estimate of drug-likeness (QED) is 0.556. The number of hydrogen-bond donors (Lipinski definition) is 1. The van der Waals surface area contributed by atoms with E-state index >= 15 is 0 Å². The van der Waals surface area contributed by atoms with Crippen LogP contribution in [0.1, 0.15) is 17.5 Å². The first kappa shape index (κ1) is 24.4. The summed E-state index contributed by atoms with van der Waals surface area (Å²) in [6, 6.07) is 16.2. The number of nitrogens with zero attached hydrogens (tertiary/aromatic N) is 4. The number of hydrogen-bond acceptors (Lipinski definition) is 4. The highest BCUT2D eigenvalue weighted by Gasteiger charge is 2.29. The molecule has 2 heterocycles. The Balaban J connectivity index is 1.10. The molecule has 2 fully saturated rings. The Morgan fingerprint density at radius 3 is 2.44 bits per heavy atom. The van der Waals surface area contributed by atoms with Crippen LogP contribution in [-0.2, 0) is 11.3 Å². The number of carbonyl (C=O) groups is 2. The smallest absolute Gasteiger partial charge is 0.320 e. The number of urea groups is 1. The van der Waals surface area contributed by atoms with Crippen LogP contribution in [0, 0.1) is 6.92 Å². The Bertz CT molecular complexity index is 975. The van der Waals surface area contributed by atoms with E-state index in [1.54, 1.807) is 9.80 Å². The van der Waals surface area contributed by atoms with Crippen molar-refractivity contribution < 1.29 is 9.59 Å². The number of anilines is 1. The highest BCUT2D eigenvalue weighted by molar-refractivity contribution is 6.30. The van der Waals surface area contributed by atoms with Crippen LogP contribution in [-0.4, -0.2) is 85.5 Å². The molecule has 0 unspecified atom stereocenters. The van der Waals surface area contributed by atoms with Gasteiger partial charge in [0, 0.05) is 63.1 Å². The molecule has 0 atom stereocenters. The summed E-state index contributed by atoms with van der Waals surface area (Å²) in [7, 11) is 0. The van der Waals surface area contributed by atoms with Gasteiger partial charge in [-0.3, -0.25) is 9.69 Å². The number of benzene rings is 2. The molecular weight excluding hydrogens is 450 g/mol.